The molecule has 0 radical (unpaired) electrons. The Morgan fingerprint density at radius 3 is 2.47 bits per heavy atom. The van der Waals surface area contributed by atoms with Gasteiger partial charge >= 0.3 is 0 Å². The molecule has 5 heteroatoms. The zero-order chi connectivity index (χ0) is 12.4. The summed E-state index contributed by atoms with van der Waals surface area (Å²) >= 11 is 11.8. The maximum absolute atomic E-state index is 12.9. The summed E-state index contributed by atoms with van der Waals surface area (Å²) in [6.07, 6.45) is 0. The molecule has 0 saturated heterocycles. The van der Waals surface area contributed by atoms with E-state index in [2.05, 4.69) is 0 Å². The van der Waals surface area contributed by atoms with Gasteiger partial charge in [-0.25, -0.2) is 4.39 Å². The number of ether oxygens (including phenoxy) is 1. The van der Waals surface area contributed by atoms with Crippen LogP contribution in [0.25, 0.3) is 0 Å². The number of para-hydroxylation sites is 1. The molecular formula is C12H8Cl2FNO. The molecule has 0 atom stereocenters. The van der Waals surface area contributed by atoms with E-state index in [1.54, 1.807) is 18.2 Å². The zero-order valence-corrected chi connectivity index (χ0v) is 10.1. The van der Waals surface area contributed by atoms with Crippen molar-refractivity contribution < 1.29 is 9.13 Å². The number of nitrogens with two attached hydrogens (primary N) is 1. The lowest BCUT2D eigenvalue weighted by Gasteiger charge is -2.11. The predicted octanol–water partition coefficient (Wildman–Crippen LogP) is 4.51. The molecule has 0 heterocycles. The molecule has 0 aliphatic carbocycles. The van der Waals surface area contributed by atoms with E-state index in [4.69, 9.17) is 33.7 Å². The van der Waals surface area contributed by atoms with Gasteiger partial charge in [-0.05, 0) is 30.3 Å². The molecule has 17 heavy (non-hydrogen) atoms. The van der Waals surface area contributed by atoms with Crippen LogP contribution in [0, 0.1) is 5.82 Å². The van der Waals surface area contributed by atoms with Crippen molar-refractivity contribution in [3.05, 3.63) is 52.3 Å². The molecule has 2 aromatic rings. The van der Waals surface area contributed by atoms with Gasteiger partial charge < -0.3 is 10.5 Å². The highest BCUT2D eigenvalue weighted by molar-refractivity contribution is 6.33. The first-order valence-electron chi connectivity index (χ1n) is 4.75. The first kappa shape index (κ1) is 12.0. The van der Waals surface area contributed by atoms with E-state index in [1.807, 2.05) is 0 Å². The van der Waals surface area contributed by atoms with Crippen LogP contribution in [0.3, 0.4) is 0 Å². The van der Waals surface area contributed by atoms with Crippen LogP contribution < -0.4 is 10.5 Å². The predicted molar refractivity (Wildman–Crippen MR) is 67.3 cm³/mol. The van der Waals surface area contributed by atoms with Crippen molar-refractivity contribution in [1.29, 1.82) is 0 Å². The van der Waals surface area contributed by atoms with E-state index < -0.39 is 5.82 Å². The summed E-state index contributed by atoms with van der Waals surface area (Å²) in [6.45, 7) is 0. The SMILES string of the molecule is Nc1cccc(Cl)c1Oc1ccc(F)cc1Cl. The maximum atomic E-state index is 12.9. The standard InChI is InChI=1S/C12H8Cl2FNO/c13-8-2-1-3-10(16)12(8)17-11-5-4-7(15)6-9(11)14/h1-6H,16H2. The van der Waals surface area contributed by atoms with Crippen LogP contribution in [-0.2, 0) is 0 Å². The molecule has 0 aliphatic rings. The minimum atomic E-state index is -0.436. The number of hydrogen-bond acceptors (Lipinski definition) is 2. The summed E-state index contributed by atoms with van der Waals surface area (Å²) in [7, 11) is 0. The molecular weight excluding hydrogens is 264 g/mol. The van der Waals surface area contributed by atoms with Gasteiger partial charge in [-0.15, -0.1) is 0 Å². The van der Waals surface area contributed by atoms with Gasteiger partial charge in [-0.2, -0.15) is 0 Å². The van der Waals surface area contributed by atoms with Gasteiger partial charge in [0.2, 0.25) is 0 Å². The molecule has 0 spiro atoms. The summed E-state index contributed by atoms with van der Waals surface area (Å²) in [4.78, 5) is 0. The van der Waals surface area contributed by atoms with E-state index in [0.29, 0.717) is 22.2 Å². The molecule has 2 N–H and O–H groups in total. The van der Waals surface area contributed by atoms with Gasteiger partial charge in [0, 0.05) is 0 Å². The van der Waals surface area contributed by atoms with Crippen LogP contribution in [0.1, 0.15) is 0 Å². The van der Waals surface area contributed by atoms with Gasteiger partial charge in [0.25, 0.3) is 0 Å². The van der Waals surface area contributed by atoms with E-state index in [-0.39, 0.29) is 5.02 Å². The average molecular weight is 272 g/mol. The summed E-state index contributed by atoms with van der Waals surface area (Å²) in [6, 6.07) is 8.82. The van der Waals surface area contributed by atoms with E-state index >= 15 is 0 Å². The Bertz CT molecular complexity index is 540. The topological polar surface area (TPSA) is 35.2 Å². The number of benzene rings is 2. The second kappa shape index (κ2) is 4.82. The fourth-order valence-electron chi connectivity index (χ4n) is 1.30. The van der Waals surface area contributed by atoms with Crippen LogP contribution >= 0.6 is 23.2 Å². The number of halogens is 3. The van der Waals surface area contributed by atoms with Crippen molar-refractivity contribution in [2.75, 3.05) is 5.73 Å². The number of rotatable bonds is 2. The highest BCUT2D eigenvalue weighted by atomic mass is 35.5. The minimum absolute atomic E-state index is 0.157. The second-order valence-corrected chi connectivity index (χ2v) is 4.15. The average Bonchev–Trinajstić information content (AvgIpc) is 2.26. The Hall–Kier alpha value is -1.45. The first-order valence-corrected chi connectivity index (χ1v) is 5.50. The summed E-state index contributed by atoms with van der Waals surface area (Å²) in [5, 5.41) is 0.523. The molecule has 0 amide bonds. The molecule has 2 nitrogen and oxygen atoms in total. The lowest BCUT2D eigenvalue weighted by atomic mass is 10.3. The quantitative estimate of drug-likeness (QED) is 0.816. The van der Waals surface area contributed by atoms with E-state index in [1.165, 1.54) is 12.1 Å². The van der Waals surface area contributed by atoms with Gasteiger partial charge in [0.15, 0.2) is 5.75 Å². The van der Waals surface area contributed by atoms with Gasteiger partial charge in [0.05, 0.1) is 15.7 Å². The molecule has 88 valence electrons. The van der Waals surface area contributed by atoms with Crippen LogP contribution in [0.5, 0.6) is 11.5 Å². The fourth-order valence-corrected chi connectivity index (χ4v) is 1.73. The van der Waals surface area contributed by atoms with Crippen molar-refractivity contribution in [3.8, 4) is 11.5 Å². The second-order valence-electron chi connectivity index (χ2n) is 3.33. The summed E-state index contributed by atoms with van der Waals surface area (Å²) < 4.78 is 18.3. The highest BCUT2D eigenvalue weighted by Gasteiger charge is 2.10. The Morgan fingerprint density at radius 2 is 1.82 bits per heavy atom. The number of anilines is 1. The molecule has 2 rings (SSSR count). The molecule has 0 fully saturated rings. The van der Waals surface area contributed by atoms with Crippen LogP contribution in [0.15, 0.2) is 36.4 Å². The molecule has 0 saturated carbocycles. The number of hydrogen-bond donors (Lipinski definition) is 1. The van der Waals surface area contributed by atoms with Crippen molar-refractivity contribution in [3.63, 3.8) is 0 Å². The first-order chi connectivity index (χ1) is 8.08. The monoisotopic (exact) mass is 271 g/mol. The van der Waals surface area contributed by atoms with Gasteiger partial charge in [0.1, 0.15) is 11.6 Å². The summed E-state index contributed by atoms with van der Waals surface area (Å²) in [5.41, 5.74) is 6.11. The Morgan fingerprint density at radius 1 is 1.06 bits per heavy atom. The molecule has 0 aliphatic heterocycles. The van der Waals surface area contributed by atoms with Crippen LogP contribution in [-0.4, -0.2) is 0 Å². The van der Waals surface area contributed by atoms with Crippen molar-refractivity contribution in [2.45, 2.75) is 0 Å². The molecule has 0 unspecified atom stereocenters. The molecule has 0 bridgehead atoms. The lowest BCUT2D eigenvalue weighted by molar-refractivity contribution is 0.483. The molecule has 0 aromatic heterocycles. The fraction of sp³-hybridized carbons (Fsp3) is 0. The normalized spacial score (nSPS) is 10.3. The van der Waals surface area contributed by atoms with Crippen LogP contribution in [0.4, 0.5) is 10.1 Å². The highest BCUT2D eigenvalue weighted by Crippen LogP contribution is 2.37. The maximum Gasteiger partial charge on any atom is 0.168 e. The minimum Gasteiger partial charge on any atom is -0.452 e. The van der Waals surface area contributed by atoms with Crippen molar-refractivity contribution >= 4 is 28.9 Å². The third kappa shape index (κ3) is 2.62. The van der Waals surface area contributed by atoms with Crippen molar-refractivity contribution in [1.82, 2.24) is 0 Å². The lowest BCUT2D eigenvalue weighted by Crippen LogP contribution is -1.93. The number of nitrogen functional groups attached to an aromatic ring is 1. The van der Waals surface area contributed by atoms with Gasteiger partial charge in [-0.1, -0.05) is 29.3 Å². The van der Waals surface area contributed by atoms with Gasteiger partial charge in [-0.3, -0.25) is 0 Å². The third-order valence-electron chi connectivity index (χ3n) is 2.10. The summed E-state index contributed by atoms with van der Waals surface area (Å²) in [5.74, 6) is 0.171. The smallest absolute Gasteiger partial charge is 0.168 e. The van der Waals surface area contributed by atoms with Crippen LogP contribution in [0.2, 0.25) is 10.0 Å². The zero-order valence-electron chi connectivity index (χ0n) is 8.58. The third-order valence-corrected chi connectivity index (χ3v) is 2.70. The van der Waals surface area contributed by atoms with E-state index in [9.17, 15) is 4.39 Å². The van der Waals surface area contributed by atoms with Crippen molar-refractivity contribution in [2.24, 2.45) is 0 Å². The Balaban J connectivity index is 2.38. The Labute approximate surface area is 108 Å². The molecule has 2 aromatic carbocycles. The van der Waals surface area contributed by atoms with E-state index in [0.717, 1.165) is 6.07 Å². The largest absolute Gasteiger partial charge is 0.452 e. The Kier molecular flexibility index (Phi) is 3.41.